The molecule has 0 saturated heterocycles. The lowest BCUT2D eigenvalue weighted by Gasteiger charge is -2.31. The smallest absolute Gasteiger partial charge is 0.0395 e. The molecule has 2 aliphatic rings. The average molecular weight is 283 g/mol. The highest BCUT2D eigenvalue weighted by molar-refractivity contribution is 7.12. The van der Waals surface area contributed by atoms with Crippen LogP contribution in [-0.4, -0.2) is 0 Å². The van der Waals surface area contributed by atoms with Gasteiger partial charge >= 0.3 is 0 Å². The van der Waals surface area contributed by atoms with Gasteiger partial charge < -0.3 is 5.73 Å². The maximum atomic E-state index is 6.48. The molecule has 0 fully saturated rings. The summed E-state index contributed by atoms with van der Waals surface area (Å²) in [5.74, 6) is 0.681. The van der Waals surface area contributed by atoms with Gasteiger partial charge in [-0.3, -0.25) is 0 Å². The fraction of sp³-hybridized carbons (Fsp3) is 0.444. The van der Waals surface area contributed by atoms with Crippen LogP contribution in [0.5, 0.6) is 0 Å². The maximum absolute atomic E-state index is 6.48. The van der Waals surface area contributed by atoms with Crippen molar-refractivity contribution in [2.45, 2.75) is 50.5 Å². The minimum Gasteiger partial charge on any atom is -0.323 e. The number of thiophene rings is 1. The Morgan fingerprint density at radius 1 is 1.15 bits per heavy atom. The Balaban J connectivity index is 1.49. The molecular weight excluding hydrogens is 262 g/mol. The molecule has 1 aromatic heterocycles. The number of hydrogen-bond donors (Lipinski definition) is 1. The molecule has 0 spiro atoms. The van der Waals surface area contributed by atoms with Crippen LogP contribution in [0.1, 0.15) is 57.7 Å². The second kappa shape index (κ2) is 5.01. The number of aryl methyl sites for hydroxylation is 2. The first-order valence-corrected chi connectivity index (χ1v) is 8.58. The first-order chi connectivity index (χ1) is 9.81. The number of hydrogen-bond acceptors (Lipinski definition) is 2. The third kappa shape index (κ3) is 2.11. The molecule has 1 nitrogen and oxygen atoms in total. The molecule has 4 rings (SSSR count). The fourth-order valence-electron chi connectivity index (χ4n) is 3.69. The SMILES string of the molecule is NC(CC1Cc2ccccc21)c1cc2c(s1)CCCC2. The van der Waals surface area contributed by atoms with Gasteiger partial charge in [0.2, 0.25) is 0 Å². The Morgan fingerprint density at radius 3 is 2.85 bits per heavy atom. The van der Waals surface area contributed by atoms with E-state index in [1.54, 1.807) is 10.4 Å². The van der Waals surface area contributed by atoms with Crippen LogP contribution in [-0.2, 0) is 19.3 Å². The largest absolute Gasteiger partial charge is 0.323 e. The molecule has 1 aromatic carbocycles. The molecular formula is C18H21NS. The van der Waals surface area contributed by atoms with Gasteiger partial charge in [0, 0.05) is 15.8 Å². The van der Waals surface area contributed by atoms with Crippen LogP contribution >= 0.6 is 11.3 Å². The zero-order chi connectivity index (χ0) is 13.5. The molecule has 2 heteroatoms. The summed E-state index contributed by atoms with van der Waals surface area (Å²) >= 11 is 1.98. The van der Waals surface area contributed by atoms with E-state index in [-0.39, 0.29) is 6.04 Å². The van der Waals surface area contributed by atoms with Crippen LogP contribution in [0.2, 0.25) is 0 Å². The topological polar surface area (TPSA) is 26.0 Å². The first kappa shape index (κ1) is 12.6. The minimum atomic E-state index is 0.226. The highest BCUT2D eigenvalue weighted by Crippen LogP contribution is 2.42. The zero-order valence-corrected chi connectivity index (χ0v) is 12.6. The van der Waals surface area contributed by atoms with E-state index < -0.39 is 0 Å². The summed E-state index contributed by atoms with van der Waals surface area (Å²) in [5, 5.41) is 0. The lowest BCUT2D eigenvalue weighted by Crippen LogP contribution is -2.22. The summed E-state index contributed by atoms with van der Waals surface area (Å²) in [6.07, 6.45) is 7.59. The van der Waals surface area contributed by atoms with Crippen molar-refractivity contribution in [1.82, 2.24) is 0 Å². The van der Waals surface area contributed by atoms with E-state index in [0.29, 0.717) is 5.92 Å². The highest BCUT2D eigenvalue weighted by Gasteiger charge is 2.28. The Labute approximate surface area is 124 Å². The van der Waals surface area contributed by atoms with Gasteiger partial charge in [-0.2, -0.15) is 0 Å². The summed E-state index contributed by atoms with van der Waals surface area (Å²) < 4.78 is 0. The van der Waals surface area contributed by atoms with Crippen molar-refractivity contribution in [3.8, 4) is 0 Å². The van der Waals surface area contributed by atoms with E-state index >= 15 is 0 Å². The van der Waals surface area contributed by atoms with Gasteiger partial charge in [-0.25, -0.2) is 0 Å². The highest BCUT2D eigenvalue weighted by atomic mass is 32.1. The molecule has 0 amide bonds. The van der Waals surface area contributed by atoms with Crippen molar-refractivity contribution in [2.75, 3.05) is 0 Å². The number of benzene rings is 1. The molecule has 2 unspecified atom stereocenters. The van der Waals surface area contributed by atoms with Crippen molar-refractivity contribution in [3.63, 3.8) is 0 Å². The lowest BCUT2D eigenvalue weighted by molar-refractivity contribution is 0.502. The molecule has 1 heterocycles. The fourth-order valence-corrected chi connectivity index (χ4v) is 4.96. The van der Waals surface area contributed by atoms with Crippen LogP contribution in [0.4, 0.5) is 0 Å². The van der Waals surface area contributed by atoms with Gasteiger partial charge in [0.25, 0.3) is 0 Å². The van der Waals surface area contributed by atoms with Crippen LogP contribution < -0.4 is 5.73 Å². The van der Waals surface area contributed by atoms with Gasteiger partial charge in [0.05, 0.1) is 0 Å². The van der Waals surface area contributed by atoms with Gasteiger partial charge in [-0.15, -0.1) is 11.3 Å². The normalized spacial score (nSPS) is 21.8. The standard InChI is InChI=1S/C18H21NS/c19-16(10-14-9-12-5-1-3-7-15(12)14)18-11-13-6-2-4-8-17(13)20-18/h1,3,5,7,11,14,16H,2,4,6,8-10,19H2. The molecule has 20 heavy (non-hydrogen) atoms. The van der Waals surface area contributed by atoms with E-state index in [0.717, 1.165) is 6.42 Å². The number of nitrogens with two attached hydrogens (primary N) is 1. The van der Waals surface area contributed by atoms with Gasteiger partial charge in [-0.05, 0) is 67.2 Å². The zero-order valence-electron chi connectivity index (χ0n) is 11.8. The summed E-state index contributed by atoms with van der Waals surface area (Å²) in [7, 11) is 0. The van der Waals surface area contributed by atoms with Gasteiger partial charge in [0.15, 0.2) is 0 Å². The molecule has 104 valence electrons. The summed E-state index contributed by atoms with van der Waals surface area (Å²) in [6.45, 7) is 0. The number of rotatable bonds is 3. The first-order valence-electron chi connectivity index (χ1n) is 7.76. The second-order valence-electron chi connectivity index (χ2n) is 6.25. The van der Waals surface area contributed by atoms with E-state index in [9.17, 15) is 0 Å². The van der Waals surface area contributed by atoms with E-state index in [1.807, 2.05) is 11.3 Å². The second-order valence-corrected chi connectivity index (χ2v) is 7.41. The Kier molecular flexibility index (Phi) is 3.16. The van der Waals surface area contributed by atoms with Gasteiger partial charge in [0.1, 0.15) is 0 Å². The Morgan fingerprint density at radius 2 is 2.00 bits per heavy atom. The Bertz CT molecular complexity index is 605. The third-order valence-corrected chi connectivity index (χ3v) is 6.25. The molecule has 2 aromatic rings. The van der Waals surface area contributed by atoms with Crippen molar-refractivity contribution < 1.29 is 0 Å². The van der Waals surface area contributed by atoms with E-state index in [4.69, 9.17) is 5.73 Å². The molecule has 2 N–H and O–H groups in total. The quantitative estimate of drug-likeness (QED) is 0.890. The average Bonchev–Trinajstić information content (AvgIpc) is 2.88. The molecule has 2 atom stereocenters. The molecule has 0 saturated carbocycles. The molecule has 0 bridgehead atoms. The maximum Gasteiger partial charge on any atom is 0.0395 e. The molecule has 0 aliphatic heterocycles. The lowest BCUT2D eigenvalue weighted by atomic mass is 9.74. The predicted octanol–water partition coefficient (Wildman–Crippen LogP) is 4.36. The van der Waals surface area contributed by atoms with Crippen molar-refractivity contribution in [2.24, 2.45) is 5.73 Å². The van der Waals surface area contributed by atoms with Crippen molar-refractivity contribution in [1.29, 1.82) is 0 Å². The monoisotopic (exact) mass is 283 g/mol. The van der Waals surface area contributed by atoms with Crippen molar-refractivity contribution >= 4 is 11.3 Å². The number of fused-ring (bicyclic) bond motifs is 2. The molecule has 2 aliphatic carbocycles. The third-order valence-electron chi connectivity index (χ3n) is 4.88. The van der Waals surface area contributed by atoms with Crippen LogP contribution in [0.25, 0.3) is 0 Å². The summed E-state index contributed by atoms with van der Waals surface area (Å²) in [4.78, 5) is 3.02. The Hall–Kier alpha value is -1.12. The molecule has 0 radical (unpaired) electrons. The summed E-state index contributed by atoms with van der Waals surface area (Å²) in [6, 6.07) is 11.4. The van der Waals surface area contributed by atoms with E-state index in [1.165, 1.54) is 48.1 Å². The van der Waals surface area contributed by atoms with Crippen LogP contribution in [0, 0.1) is 0 Å². The summed E-state index contributed by atoms with van der Waals surface area (Å²) in [5.41, 5.74) is 11.1. The van der Waals surface area contributed by atoms with Crippen LogP contribution in [0.15, 0.2) is 30.3 Å². The predicted molar refractivity (Wildman–Crippen MR) is 85.4 cm³/mol. The van der Waals surface area contributed by atoms with E-state index in [2.05, 4.69) is 30.3 Å². The van der Waals surface area contributed by atoms with Crippen molar-refractivity contribution in [3.05, 3.63) is 56.8 Å². The van der Waals surface area contributed by atoms with Crippen LogP contribution in [0.3, 0.4) is 0 Å². The van der Waals surface area contributed by atoms with Gasteiger partial charge in [-0.1, -0.05) is 24.3 Å². The minimum absolute atomic E-state index is 0.226.